The highest BCUT2D eigenvalue weighted by Gasteiger charge is 2.15. The van der Waals surface area contributed by atoms with Gasteiger partial charge in [-0.25, -0.2) is 24.9 Å². The molecule has 0 fully saturated rings. The van der Waals surface area contributed by atoms with Crippen LogP contribution in [0.5, 0.6) is 0 Å². The molecule has 5 nitrogen and oxygen atoms in total. The molecule has 0 aliphatic carbocycles. The van der Waals surface area contributed by atoms with Gasteiger partial charge in [-0.05, 0) is 186 Å². The maximum Gasteiger partial charge on any atom is 0.0715 e. The van der Waals surface area contributed by atoms with E-state index in [-0.39, 0.29) is 0 Å². The van der Waals surface area contributed by atoms with Gasteiger partial charge >= 0.3 is 0 Å². The Morgan fingerprint density at radius 1 is 0.140 bits per heavy atom. The van der Waals surface area contributed by atoms with Crippen LogP contribution in [0.4, 0.5) is 0 Å². The lowest BCUT2D eigenvalue weighted by atomic mass is 9.98. The van der Waals surface area contributed by atoms with E-state index in [0.717, 1.165) is 227 Å². The zero-order valence-corrected chi connectivity index (χ0v) is 63.1. The molecule has 448 valence electrons. The van der Waals surface area contributed by atoms with Crippen LogP contribution in [0.15, 0.2) is 261 Å². The van der Waals surface area contributed by atoms with E-state index in [9.17, 15) is 0 Å². The minimum Gasteiger partial charge on any atom is -0.248 e. The van der Waals surface area contributed by atoms with E-state index in [1.165, 1.54) is 0 Å². The van der Waals surface area contributed by atoms with E-state index in [1.807, 2.05) is 24.3 Å². The lowest BCUT2D eigenvalue weighted by molar-refractivity contribution is 1.32. The summed E-state index contributed by atoms with van der Waals surface area (Å²) in [7, 11) is 39.9. The summed E-state index contributed by atoms with van der Waals surface area (Å²) in [6, 6.07) is 92.7. The van der Waals surface area contributed by atoms with Gasteiger partial charge in [-0.15, -0.1) is 0 Å². The summed E-state index contributed by atoms with van der Waals surface area (Å²) in [6.07, 6.45) is 0. The summed E-state index contributed by atoms with van der Waals surface area (Å²) < 4.78 is 0. The number of rotatable bonds is 4. The van der Waals surface area contributed by atoms with Crippen molar-refractivity contribution in [2.75, 3.05) is 0 Å². The molecule has 0 aliphatic heterocycles. The quantitative estimate of drug-likeness (QED) is 0.164. The van der Waals surface area contributed by atoms with E-state index in [2.05, 4.69) is 339 Å². The molecular weight excluding hydrogens is 1370 g/mol. The van der Waals surface area contributed by atoms with Crippen LogP contribution < -0.4 is 51.9 Å². The van der Waals surface area contributed by atoms with Crippen molar-refractivity contribution in [2.24, 2.45) is 0 Å². The number of aromatic nitrogens is 5. The molecule has 0 saturated heterocycles. The summed E-state index contributed by atoms with van der Waals surface area (Å²) in [4.78, 5) is 27.5. The summed E-state index contributed by atoms with van der Waals surface area (Å²) in [5, 5.41) is 24.7. The van der Waals surface area contributed by atoms with Crippen LogP contribution in [-0.2, 0) is 0 Å². The minimum absolute atomic E-state index is 0.779. The Hall–Kier alpha value is -9.88. The molecule has 24 bridgehead atoms. The summed E-state index contributed by atoms with van der Waals surface area (Å²) in [6.45, 7) is 0. The first-order valence-electron chi connectivity index (χ1n) is 32.1. The smallest absolute Gasteiger partial charge is 0.0715 e. The first-order chi connectivity index (χ1) is 48.4. The fourth-order valence-electron chi connectivity index (χ4n) is 13.6. The Balaban J connectivity index is 0.970. The highest BCUT2D eigenvalue weighted by molar-refractivity contribution is 6.39. The van der Waals surface area contributed by atoms with E-state index in [1.54, 1.807) is 0 Å². The van der Waals surface area contributed by atoms with Gasteiger partial charge in [-0.2, -0.15) is 0 Å². The number of benzene rings is 10. The predicted molar refractivity (Wildman–Crippen MR) is 434 cm³/mol. The predicted octanol–water partition coefficient (Wildman–Crippen LogP) is 10.5. The molecule has 30 radical (unpaired) electrons. The first kappa shape index (κ1) is 63.6. The van der Waals surface area contributed by atoms with Crippen molar-refractivity contribution >= 4 is 285 Å². The molecule has 17 aromatic rings. The monoisotopic (exact) mass is 1410 g/mol. The Kier molecular flexibility index (Phi) is 16.3. The number of fused-ring (bicyclic) bond motifs is 36. The molecule has 0 N–H and O–H groups in total. The Morgan fingerprint density at radius 3 is 0.580 bits per heavy atom. The standard InChI is InChI=1S/C85H43N5Si10/c91-66-6-1-4-44(18-66)78-36-54(37-79(87-78)45-5-2-7-67(92)19-45)55-38-80-62-14-50(24-72(97)32-62)52-16-64(34-74(99)26-52)84-42-57(43-85(90-84)65-17-53(27-75(100)35-65)51-15-63(33-73(98)25-51)81(39-55)88-80)56-40-82-60-12-48(22-70(95)30-60)46-10-58(28-68(93)20-46)76-8-3-9-77(86-76)59-11-47(21-69(94)29-59)49-13-61(31-71(96)23-49)83(41-56)89-82/h1-43H. The van der Waals surface area contributed by atoms with Crippen LogP contribution in [0.1, 0.15) is 0 Å². The van der Waals surface area contributed by atoms with Crippen LogP contribution in [0.2, 0.25) is 0 Å². The van der Waals surface area contributed by atoms with Crippen LogP contribution in [0.3, 0.4) is 0 Å². The molecule has 0 aliphatic rings. The van der Waals surface area contributed by atoms with Crippen molar-refractivity contribution < 1.29 is 0 Å². The molecule has 7 aromatic heterocycles. The Labute approximate surface area is 610 Å². The average molecular weight is 1420 g/mol. The van der Waals surface area contributed by atoms with Crippen molar-refractivity contribution in [2.45, 2.75) is 0 Å². The number of hydrogen-bond donors (Lipinski definition) is 0. The molecular formula is C85H43N5Si10. The summed E-state index contributed by atoms with van der Waals surface area (Å²) in [5.41, 5.74) is 14.0. The third kappa shape index (κ3) is 12.9. The summed E-state index contributed by atoms with van der Waals surface area (Å²) in [5.74, 6) is 0. The molecule has 100 heavy (non-hydrogen) atoms. The molecule has 0 amide bonds. The highest BCUT2D eigenvalue weighted by Crippen LogP contribution is 2.35. The van der Waals surface area contributed by atoms with E-state index >= 15 is 0 Å². The average Bonchev–Trinajstić information content (AvgIpc) is 0.772. The number of pyridine rings is 5. The SMILES string of the molecule is [Si]c1cccc(-c2cc(-c3cc4nc(c3)c3cc([Si])cc(c3)c3cc([Si])cc(c3)c3cc(-c5cc6nc(c5)c5cc([Si])cc(c5)c5cc([Si])cc(c5)c5cccc(n5)c5cc([Si])cc(c5)c5cc([Si])cc6c5)cc(n3)c3cc([Si])cc(c3)c3cc([Si])cc4c3)cc(-c3cccc([Si])c3)n2)c1. The lowest BCUT2D eigenvalue weighted by Crippen LogP contribution is -2.03. The van der Waals surface area contributed by atoms with E-state index in [0.29, 0.717) is 0 Å². The zero-order chi connectivity index (χ0) is 68.2. The third-order valence-electron chi connectivity index (χ3n) is 18.2. The van der Waals surface area contributed by atoms with Gasteiger partial charge in [0.2, 0.25) is 0 Å². The normalized spacial score (nSPS) is 11.7. The van der Waals surface area contributed by atoms with Crippen molar-refractivity contribution in [3.63, 3.8) is 0 Å². The van der Waals surface area contributed by atoms with Gasteiger partial charge in [-0.1, -0.05) is 204 Å². The lowest BCUT2D eigenvalue weighted by Gasteiger charge is -2.12. The topological polar surface area (TPSA) is 64.5 Å². The maximum absolute atomic E-state index is 5.67. The van der Waals surface area contributed by atoms with Crippen molar-refractivity contribution in [1.29, 1.82) is 0 Å². The van der Waals surface area contributed by atoms with Crippen LogP contribution in [-0.4, -0.2) is 127 Å². The number of hydrogen-bond acceptors (Lipinski definition) is 5. The first-order valence-corrected chi connectivity index (χ1v) is 37.1. The molecule has 17 rings (SSSR count). The van der Waals surface area contributed by atoms with Crippen molar-refractivity contribution in [3.05, 3.63) is 261 Å². The van der Waals surface area contributed by atoms with E-state index < -0.39 is 0 Å². The fraction of sp³-hybridized carbons (Fsp3) is 0. The van der Waals surface area contributed by atoms with E-state index in [4.69, 9.17) is 24.9 Å². The van der Waals surface area contributed by atoms with Crippen LogP contribution >= 0.6 is 0 Å². The molecule has 10 aromatic carbocycles. The van der Waals surface area contributed by atoms with Gasteiger partial charge in [-0.3, -0.25) is 0 Å². The van der Waals surface area contributed by atoms with Gasteiger partial charge in [0, 0.05) is 43.1 Å². The van der Waals surface area contributed by atoms with Gasteiger partial charge in [0.05, 0.1) is 158 Å². The van der Waals surface area contributed by atoms with Crippen LogP contribution in [0.25, 0.3) is 175 Å². The second kappa shape index (κ2) is 25.7. The third-order valence-corrected chi connectivity index (χ3v) is 21.1. The Morgan fingerprint density at radius 2 is 0.340 bits per heavy atom. The van der Waals surface area contributed by atoms with Gasteiger partial charge in [0.25, 0.3) is 0 Å². The summed E-state index contributed by atoms with van der Waals surface area (Å²) >= 11 is 0. The molecule has 0 unspecified atom stereocenters. The van der Waals surface area contributed by atoms with Gasteiger partial charge in [0.1, 0.15) is 0 Å². The second-order valence-electron chi connectivity index (χ2n) is 25.5. The number of nitrogens with zero attached hydrogens (tertiary/aromatic N) is 5. The molecule has 15 heteroatoms. The van der Waals surface area contributed by atoms with Crippen molar-refractivity contribution in [1.82, 2.24) is 24.9 Å². The second-order valence-corrected chi connectivity index (χ2v) is 31.2. The Bertz CT molecular complexity index is 6320. The van der Waals surface area contributed by atoms with Gasteiger partial charge < -0.3 is 0 Å². The molecule has 0 saturated carbocycles. The largest absolute Gasteiger partial charge is 0.248 e. The maximum atomic E-state index is 5.67. The molecule has 0 spiro atoms. The van der Waals surface area contributed by atoms with Gasteiger partial charge in [0.15, 0.2) is 0 Å². The highest BCUT2D eigenvalue weighted by atomic mass is 28.2. The van der Waals surface area contributed by atoms with Crippen molar-refractivity contribution in [3.8, 4) is 44.8 Å². The fourth-order valence-corrected chi connectivity index (χ4v) is 16.6. The minimum atomic E-state index is 0.779. The zero-order valence-electron chi connectivity index (χ0n) is 53.1. The molecule has 0 atom stereocenters. The van der Waals surface area contributed by atoms with Crippen LogP contribution in [0, 0.1) is 0 Å². The molecule has 7 heterocycles.